The van der Waals surface area contributed by atoms with Crippen LogP contribution in [0.1, 0.15) is 17.3 Å². The number of rotatable bonds is 4. The van der Waals surface area contributed by atoms with Crippen molar-refractivity contribution < 1.29 is 14.3 Å². The Kier molecular flexibility index (Phi) is 5.76. The van der Waals surface area contributed by atoms with Crippen molar-refractivity contribution in [3.05, 3.63) is 63.7 Å². The van der Waals surface area contributed by atoms with Crippen molar-refractivity contribution in [3.8, 4) is 5.75 Å². The molecule has 0 fully saturated rings. The van der Waals surface area contributed by atoms with Crippen molar-refractivity contribution in [1.82, 2.24) is 10.9 Å². The van der Waals surface area contributed by atoms with Gasteiger partial charge >= 0.3 is 0 Å². The number of amides is 2. The van der Waals surface area contributed by atoms with Crippen molar-refractivity contribution in [2.75, 3.05) is 0 Å². The van der Waals surface area contributed by atoms with E-state index in [2.05, 4.69) is 33.4 Å². The number of halogens is 1. The fourth-order valence-electron chi connectivity index (χ4n) is 1.69. The summed E-state index contributed by atoms with van der Waals surface area (Å²) in [5, 5.41) is 0. The number of nitrogens with one attached hydrogen (secondary N) is 2. The van der Waals surface area contributed by atoms with Gasteiger partial charge in [-0.2, -0.15) is 0 Å². The summed E-state index contributed by atoms with van der Waals surface area (Å²) < 4.78 is 6.28. The van der Waals surface area contributed by atoms with E-state index < -0.39 is 12.0 Å². The SMILES string of the molecule is CC(Oc1ccccc1)C(=O)NNC(=O)c1ccccc1I. The van der Waals surface area contributed by atoms with Gasteiger partial charge in [-0.15, -0.1) is 0 Å². The van der Waals surface area contributed by atoms with Gasteiger partial charge < -0.3 is 4.74 Å². The molecule has 2 aromatic carbocycles. The van der Waals surface area contributed by atoms with E-state index in [9.17, 15) is 9.59 Å². The molecule has 0 aliphatic heterocycles. The summed E-state index contributed by atoms with van der Waals surface area (Å²) in [4.78, 5) is 23.9. The summed E-state index contributed by atoms with van der Waals surface area (Å²) in [6, 6.07) is 16.1. The van der Waals surface area contributed by atoms with E-state index in [1.807, 2.05) is 30.3 Å². The lowest BCUT2D eigenvalue weighted by Crippen LogP contribution is -2.47. The van der Waals surface area contributed by atoms with Crippen molar-refractivity contribution >= 4 is 34.4 Å². The zero-order valence-electron chi connectivity index (χ0n) is 11.9. The van der Waals surface area contributed by atoms with E-state index >= 15 is 0 Å². The second-order valence-electron chi connectivity index (χ2n) is 4.50. The number of hydrazine groups is 1. The molecule has 0 aliphatic rings. The molecular weight excluding hydrogens is 395 g/mol. The minimum Gasteiger partial charge on any atom is -0.481 e. The Morgan fingerprint density at radius 1 is 1.00 bits per heavy atom. The smallest absolute Gasteiger partial charge is 0.279 e. The molecule has 0 bridgehead atoms. The van der Waals surface area contributed by atoms with Crippen molar-refractivity contribution in [2.45, 2.75) is 13.0 Å². The molecular formula is C16H15IN2O3. The van der Waals surface area contributed by atoms with Crippen LogP contribution in [-0.2, 0) is 4.79 Å². The van der Waals surface area contributed by atoms with Gasteiger partial charge in [0.25, 0.3) is 11.8 Å². The minimum absolute atomic E-state index is 0.370. The lowest BCUT2D eigenvalue weighted by molar-refractivity contribution is -0.128. The zero-order valence-corrected chi connectivity index (χ0v) is 14.0. The van der Waals surface area contributed by atoms with E-state index in [1.54, 1.807) is 31.2 Å². The molecule has 0 spiro atoms. The summed E-state index contributed by atoms with van der Waals surface area (Å²) in [7, 11) is 0. The highest BCUT2D eigenvalue weighted by atomic mass is 127. The summed E-state index contributed by atoms with van der Waals surface area (Å²) in [6.45, 7) is 1.61. The van der Waals surface area contributed by atoms with Crippen molar-refractivity contribution in [1.29, 1.82) is 0 Å². The maximum atomic E-state index is 12.0. The average Bonchev–Trinajstić information content (AvgIpc) is 2.53. The van der Waals surface area contributed by atoms with Crippen LogP contribution in [0.25, 0.3) is 0 Å². The van der Waals surface area contributed by atoms with Crippen LogP contribution in [-0.4, -0.2) is 17.9 Å². The Morgan fingerprint density at radius 2 is 1.64 bits per heavy atom. The van der Waals surface area contributed by atoms with Crippen LogP contribution in [0.15, 0.2) is 54.6 Å². The van der Waals surface area contributed by atoms with Crippen LogP contribution >= 0.6 is 22.6 Å². The second kappa shape index (κ2) is 7.79. The van der Waals surface area contributed by atoms with Gasteiger partial charge in [0.05, 0.1) is 5.56 Å². The summed E-state index contributed by atoms with van der Waals surface area (Å²) >= 11 is 2.06. The van der Waals surface area contributed by atoms with E-state index in [4.69, 9.17) is 4.74 Å². The Bertz CT molecular complexity index is 661. The average molecular weight is 410 g/mol. The molecule has 0 aromatic heterocycles. The predicted molar refractivity (Wildman–Crippen MR) is 91.3 cm³/mol. The van der Waals surface area contributed by atoms with Crippen LogP contribution < -0.4 is 15.6 Å². The summed E-state index contributed by atoms with van der Waals surface area (Å²) in [6.07, 6.45) is -0.724. The number of ether oxygens (including phenoxy) is 1. The predicted octanol–water partition coefficient (Wildman–Crippen LogP) is 2.52. The number of para-hydroxylation sites is 1. The Balaban J connectivity index is 1.87. The first-order valence-electron chi connectivity index (χ1n) is 6.64. The molecule has 2 N–H and O–H groups in total. The number of benzene rings is 2. The third kappa shape index (κ3) is 4.45. The topological polar surface area (TPSA) is 67.4 Å². The molecule has 114 valence electrons. The molecule has 0 saturated heterocycles. The Hall–Kier alpha value is -2.09. The van der Waals surface area contributed by atoms with E-state index in [-0.39, 0.29) is 5.91 Å². The van der Waals surface area contributed by atoms with Gasteiger partial charge in [-0.05, 0) is 53.8 Å². The van der Waals surface area contributed by atoms with Crippen LogP contribution in [0.5, 0.6) is 5.75 Å². The molecule has 2 amide bonds. The first-order valence-corrected chi connectivity index (χ1v) is 7.72. The number of hydrogen-bond acceptors (Lipinski definition) is 3. The lowest BCUT2D eigenvalue weighted by atomic mass is 10.2. The highest BCUT2D eigenvalue weighted by Gasteiger charge is 2.16. The molecule has 5 nitrogen and oxygen atoms in total. The maximum Gasteiger partial charge on any atom is 0.279 e. The molecule has 0 heterocycles. The second-order valence-corrected chi connectivity index (χ2v) is 5.66. The largest absolute Gasteiger partial charge is 0.481 e. The highest BCUT2D eigenvalue weighted by molar-refractivity contribution is 14.1. The molecule has 2 rings (SSSR count). The molecule has 0 radical (unpaired) electrons. The number of carbonyl (C=O) groups is 2. The Morgan fingerprint density at radius 3 is 2.32 bits per heavy atom. The van der Waals surface area contributed by atoms with E-state index in [0.29, 0.717) is 11.3 Å². The minimum atomic E-state index is -0.724. The fraction of sp³-hybridized carbons (Fsp3) is 0.125. The summed E-state index contributed by atoms with van der Waals surface area (Å²) in [5.74, 6) is -0.206. The lowest BCUT2D eigenvalue weighted by Gasteiger charge is -2.15. The van der Waals surface area contributed by atoms with Crippen molar-refractivity contribution in [3.63, 3.8) is 0 Å². The number of carbonyl (C=O) groups excluding carboxylic acids is 2. The standard InChI is InChI=1S/C16H15IN2O3/c1-11(22-12-7-3-2-4-8-12)15(20)18-19-16(21)13-9-5-6-10-14(13)17/h2-11H,1H3,(H,18,20)(H,19,21). The van der Waals surface area contributed by atoms with Gasteiger partial charge in [0, 0.05) is 3.57 Å². The molecule has 1 unspecified atom stereocenters. The molecule has 2 aromatic rings. The molecule has 22 heavy (non-hydrogen) atoms. The third-order valence-corrected chi connectivity index (χ3v) is 3.78. The fourth-order valence-corrected chi connectivity index (χ4v) is 2.32. The van der Waals surface area contributed by atoms with Gasteiger partial charge in [-0.25, -0.2) is 0 Å². The summed E-state index contributed by atoms with van der Waals surface area (Å²) in [5.41, 5.74) is 5.24. The molecule has 0 saturated carbocycles. The quantitative estimate of drug-likeness (QED) is 0.602. The molecule has 1 atom stereocenters. The molecule has 6 heteroatoms. The van der Waals surface area contributed by atoms with Gasteiger partial charge in [0.1, 0.15) is 5.75 Å². The first-order chi connectivity index (χ1) is 10.6. The van der Waals surface area contributed by atoms with Crippen LogP contribution in [0.3, 0.4) is 0 Å². The van der Waals surface area contributed by atoms with Gasteiger partial charge in [-0.3, -0.25) is 20.4 Å². The van der Waals surface area contributed by atoms with Gasteiger partial charge in [0.15, 0.2) is 6.10 Å². The maximum absolute atomic E-state index is 12.0. The first kappa shape index (κ1) is 16.3. The van der Waals surface area contributed by atoms with Crippen LogP contribution in [0.4, 0.5) is 0 Å². The van der Waals surface area contributed by atoms with Gasteiger partial charge in [0.2, 0.25) is 0 Å². The van der Waals surface area contributed by atoms with Crippen LogP contribution in [0.2, 0.25) is 0 Å². The zero-order chi connectivity index (χ0) is 15.9. The normalized spacial score (nSPS) is 11.4. The van der Waals surface area contributed by atoms with Crippen LogP contribution in [0, 0.1) is 3.57 Å². The van der Waals surface area contributed by atoms with Crippen molar-refractivity contribution in [2.24, 2.45) is 0 Å². The Labute approximate surface area is 142 Å². The third-order valence-electron chi connectivity index (χ3n) is 2.84. The van der Waals surface area contributed by atoms with E-state index in [0.717, 1.165) is 3.57 Å². The molecule has 0 aliphatic carbocycles. The monoisotopic (exact) mass is 410 g/mol. The van der Waals surface area contributed by atoms with Gasteiger partial charge in [-0.1, -0.05) is 30.3 Å². The highest BCUT2D eigenvalue weighted by Crippen LogP contribution is 2.11. The van der Waals surface area contributed by atoms with E-state index in [1.165, 1.54) is 0 Å². The number of hydrogen-bond donors (Lipinski definition) is 2.